The van der Waals surface area contributed by atoms with E-state index in [0.29, 0.717) is 5.56 Å². The van der Waals surface area contributed by atoms with Gasteiger partial charge in [0.05, 0.1) is 5.56 Å². The lowest BCUT2D eigenvalue weighted by molar-refractivity contribution is -0.141. The third-order valence-electron chi connectivity index (χ3n) is 4.50. The van der Waals surface area contributed by atoms with Crippen LogP contribution in [0.3, 0.4) is 0 Å². The van der Waals surface area contributed by atoms with Gasteiger partial charge < -0.3 is 10.6 Å². The van der Waals surface area contributed by atoms with Gasteiger partial charge in [-0.25, -0.2) is 5.84 Å². The number of ketones is 3. The molecule has 2 atom stereocenters. The van der Waals surface area contributed by atoms with Crippen molar-refractivity contribution in [2.75, 3.05) is 0 Å². The minimum absolute atomic E-state index is 0. The highest BCUT2D eigenvalue weighted by Crippen LogP contribution is 2.36. The van der Waals surface area contributed by atoms with E-state index >= 15 is 0 Å². The Kier molecular flexibility index (Phi) is 6.96. The molecule has 1 aromatic carbocycles. The summed E-state index contributed by atoms with van der Waals surface area (Å²) in [5.41, 5.74) is 2.79. The number of fused-ring (bicyclic) bond motifs is 1. The fraction of sp³-hybridized carbons (Fsp3) is 0.412. The quantitative estimate of drug-likeness (QED) is 0.280. The number of carbonyl (C=O) groups excluding carboxylic acids is 4. The van der Waals surface area contributed by atoms with E-state index in [0.717, 1.165) is 25.7 Å². The van der Waals surface area contributed by atoms with Crippen LogP contribution < -0.4 is 11.3 Å². The third-order valence-corrected chi connectivity index (χ3v) is 4.50. The number of rotatable bonds is 1. The number of para-hydroxylation sites is 1. The van der Waals surface area contributed by atoms with Crippen LogP contribution in [0.25, 0.3) is 0 Å². The second kappa shape index (κ2) is 8.50. The number of nitrogen functional groups attached to an aromatic ring is 1. The number of hydrogen-bond acceptors (Lipinski definition) is 6. The van der Waals surface area contributed by atoms with Crippen molar-refractivity contribution in [3.63, 3.8) is 0 Å². The Morgan fingerprint density at radius 1 is 1.12 bits per heavy atom. The topological polar surface area (TPSA) is 158 Å². The summed E-state index contributed by atoms with van der Waals surface area (Å²) < 4.78 is 0. The lowest BCUT2D eigenvalue weighted by Gasteiger charge is -2.20. The van der Waals surface area contributed by atoms with Gasteiger partial charge in [0.25, 0.3) is 11.7 Å². The molecule has 25 heavy (non-hydrogen) atoms. The lowest BCUT2D eigenvalue weighted by atomic mass is 9.81. The zero-order valence-corrected chi connectivity index (χ0v) is 13.9. The molecule has 2 saturated carbocycles. The maximum Gasteiger partial charge on any atom is 0.268 e. The van der Waals surface area contributed by atoms with Crippen LogP contribution in [-0.4, -0.2) is 33.8 Å². The number of aromatic hydroxyl groups is 1. The van der Waals surface area contributed by atoms with Crippen molar-refractivity contribution in [1.29, 1.82) is 0 Å². The summed E-state index contributed by atoms with van der Waals surface area (Å²) in [6.45, 7) is 1.71. The lowest BCUT2D eigenvalue weighted by Crippen LogP contribution is -2.30. The Balaban J connectivity index is 0.000000240. The molecule has 3 rings (SSSR count). The summed E-state index contributed by atoms with van der Waals surface area (Å²) in [7, 11) is 0. The van der Waals surface area contributed by atoms with Gasteiger partial charge in [-0.3, -0.25) is 24.6 Å². The van der Waals surface area contributed by atoms with Gasteiger partial charge in [-0.2, -0.15) is 0 Å². The van der Waals surface area contributed by atoms with Gasteiger partial charge in [-0.1, -0.05) is 25.0 Å². The van der Waals surface area contributed by atoms with E-state index in [1.165, 1.54) is 6.07 Å². The molecule has 1 amide bonds. The Morgan fingerprint density at radius 2 is 1.64 bits per heavy atom. The fourth-order valence-corrected chi connectivity index (χ4v) is 3.14. The number of hydrogen-bond donors (Lipinski definition) is 3. The van der Waals surface area contributed by atoms with E-state index in [-0.39, 0.29) is 28.6 Å². The van der Waals surface area contributed by atoms with Crippen LogP contribution in [0.15, 0.2) is 18.2 Å². The summed E-state index contributed by atoms with van der Waals surface area (Å²) in [6.07, 6.45) is 3.43. The van der Waals surface area contributed by atoms with E-state index < -0.39 is 23.3 Å². The first-order valence-electron chi connectivity index (χ1n) is 7.80. The van der Waals surface area contributed by atoms with Crippen LogP contribution >= 0.6 is 0 Å². The van der Waals surface area contributed by atoms with Crippen LogP contribution in [0.2, 0.25) is 0 Å². The Hall–Kier alpha value is -2.58. The van der Waals surface area contributed by atoms with E-state index in [1.54, 1.807) is 19.1 Å². The Bertz CT molecular complexity index is 674. The van der Waals surface area contributed by atoms with E-state index in [4.69, 9.17) is 5.84 Å². The summed E-state index contributed by atoms with van der Waals surface area (Å²) in [6, 6.07) is 4.90. The number of phenols is 1. The predicted molar refractivity (Wildman–Crippen MR) is 88.6 cm³/mol. The molecule has 0 heterocycles. The number of benzene rings is 1. The van der Waals surface area contributed by atoms with Crippen molar-refractivity contribution in [2.45, 2.75) is 32.6 Å². The van der Waals surface area contributed by atoms with E-state index in [1.807, 2.05) is 5.43 Å². The molecule has 136 valence electrons. The second-order valence-electron chi connectivity index (χ2n) is 6.00. The highest BCUT2D eigenvalue weighted by Gasteiger charge is 2.48. The molecule has 0 saturated heterocycles. The maximum absolute atomic E-state index is 11.2. The largest absolute Gasteiger partial charge is 0.507 e. The van der Waals surface area contributed by atoms with Crippen LogP contribution in [0.4, 0.5) is 0 Å². The Morgan fingerprint density at radius 3 is 2.12 bits per heavy atom. The molecule has 8 heteroatoms. The summed E-state index contributed by atoms with van der Waals surface area (Å²) in [5.74, 6) is 2.30. The molecular weight excluding hydrogens is 328 g/mol. The molecule has 8 nitrogen and oxygen atoms in total. The molecule has 2 unspecified atom stereocenters. The van der Waals surface area contributed by atoms with Crippen molar-refractivity contribution >= 4 is 23.3 Å². The standard InChI is InChI=1S/C9H10O3.C8H10N2O2.H2O/c10-7-5-3-1-2-4-6(5)8(11)9(7)12;1-5-3-2-4-6(7(5)11)8(12)10-9;/h5-6H,1-4H2;2-4,11H,9H2,1H3,(H,10,12);1H2. The molecule has 0 aliphatic heterocycles. The molecule has 0 aromatic heterocycles. The first kappa shape index (κ1) is 20.5. The SMILES string of the molecule is Cc1cccc(C(=O)NN)c1O.O.O=C1C(=O)C2CCCCC2C1=O. The zero-order chi connectivity index (χ0) is 17.9. The van der Waals surface area contributed by atoms with Crippen molar-refractivity contribution in [3.05, 3.63) is 29.3 Å². The number of aryl methyl sites for hydroxylation is 1. The highest BCUT2D eigenvalue weighted by molar-refractivity contribution is 6.68. The summed E-state index contributed by atoms with van der Waals surface area (Å²) in [4.78, 5) is 44.3. The van der Waals surface area contributed by atoms with E-state index in [9.17, 15) is 24.3 Å². The average Bonchev–Trinajstić information content (AvgIpc) is 2.82. The van der Waals surface area contributed by atoms with Crippen LogP contribution in [0.1, 0.15) is 41.6 Å². The van der Waals surface area contributed by atoms with Crippen LogP contribution in [-0.2, 0) is 14.4 Å². The maximum atomic E-state index is 11.2. The zero-order valence-electron chi connectivity index (χ0n) is 13.9. The molecule has 6 N–H and O–H groups in total. The number of Topliss-reactive ketones (excluding diaryl/α,β-unsaturated/α-hetero) is 3. The third kappa shape index (κ3) is 4.09. The van der Waals surface area contributed by atoms with Gasteiger partial charge in [0.1, 0.15) is 5.75 Å². The first-order chi connectivity index (χ1) is 11.4. The van der Waals surface area contributed by atoms with Crippen molar-refractivity contribution in [1.82, 2.24) is 5.43 Å². The van der Waals surface area contributed by atoms with Crippen molar-refractivity contribution in [2.24, 2.45) is 17.7 Å². The minimum Gasteiger partial charge on any atom is -0.507 e. The summed E-state index contributed by atoms with van der Waals surface area (Å²) in [5, 5.41) is 9.38. The highest BCUT2D eigenvalue weighted by atomic mass is 16.3. The number of amides is 1. The number of carbonyl (C=O) groups is 4. The smallest absolute Gasteiger partial charge is 0.268 e. The average molecular weight is 350 g/mol. The van der Waals surface area contributed by atoms with Gasteiger partial charge in [0.2, 0.25) is 11.6 Å². The number of hydrazine groups is 1. The molecule has 0 radical (unpaired) electrons. The van der Waals surface area contributed by atoms with Gasteiger partial charge in [-0.05, 0) is 31.4 Å². The number of nitrogens with one attached hydrogen (secondary N) is 1. The Labute approximate surface area is 144 Å². The molecule has 1 aromatic rings. The van der Waals surface area contributed by atoms with Gasteiger partial charge in [0, 0.05) is 11.8 Å². The van der Waals surface area contributed by atoms with Crippen LogP contribution in [0, 0.1) is 18.8 Å². The monoisotopic (exact) mass is 350 g/mol. The second-order valence-corrected chi connectivity index (χ2v) is 6.00. The fourth-order valence-electron chi connectivity index (χ4n) is 3.14. The summed E-state index contributed by atoms with van der Waals surface area (Å²) >= 11 is 0. The molecule has 0 bridgehead atoms. The molecule has 2 aliphatic carbocycles. The van der Waals surface area contributed by atoms with Crippen molar-refractivity contribution in [3.8, 4) is 5.75 Å². The van der Waals surface area contributed by atoms with Crippen molar-refractivity contribution < 1.29 is 29.8 Å². The molecular formula is C17H22N2O6. The number of nitrogens with two attached hydrogens (primary N) is 1. The minimum atomic E-state index is -0.744. The van der Waals surface area contributed by atoms with Gasteiger partial charge in [0.15, 0.2) is 0 Å². The van der Waals surface area contributed by atoms with Gasteiger partial charge >= 0.3 is 0 Å². The first-order valence-corrected chi connectivity index (χ1v) is 7.80. The predicted octanol–water partition coefficient (Wildman–Crippen LogP) is -0.00688. The normalized spacial score (nSPS) is 21.6. The van der Waals surface area contributed by atoms with Crippen LogP contribution in [0.5, 0.6) is 5.75 Å². The van der Waals surface area contributed by atoms with E-state index in [2.05, 4.69) is 0 Å². The number of phenolic OH excluding ortho intramolecular Hbond substituents is 1. The molecule has 2 aliphatic rings. The van der Waals surface area contributed by atoms with Gasteiger partial charge in [-0.15, -0.1) is 0 Å². The molecule has 2 fully saturated rings. The molecule has 0 spiro atoms.